The van der Waals surface area contributed by atoms with E-state index in [1.165, 1.54) is 0 Å². The fraction of sp³-hybridized carbons (Fsp3) is 0.950. The second-order valence-electron chi connectivity index (χ2n) is 18.5. The Morgan fingerprint density at radius 3 is 2.13 bits per heavy atom. The van der Waals surface area contributed by atoms with Gasteiger partial charge in [0.05, 0.1) is 38.1 Å². The van der Waals surface area contributed by atoms with E-state index < -0.39 is 98.0 Å². The molecule has 15 nitrogen and oxygen atoms in total. The number of hydrogen-bond acceptors (Lipinski definition) is 15. The maximum Gasteiger partial charge on any atom is 0.187 e. The van der Waals surface area contributed by atoms with Gasteiger partial charge >= 0.3 is 0 Å². The first-order valence-electron chi connectivity index (χ1n) is 20.5. The molecule has 55 heavy (non-hydrogen) atoms. The molecular weight excluding hydrogens is 720 g/mol. The lowest BCUT2D eigenvalue weighted by Crippen LogP contribution is -2.62. The van der Waals surface area contributed by atoms with Crippen LogP contribution in [-0.2, 0) is 28.4 Å². The minimum absolute atomic E-state index is 0.00707. The maximum atomic E-state index is 11.0. The molecule has 0 radical (unpaired) electrons. The molecule has 0 amide bonds. The van der Waals surface area contributed by atoms with Crippen LogP contribution in [0, 0.1) is 46.3 Å². The van der Waals surface area contributed by atoms with Crippen LogP contribution in [0.15, 0.2) is 11.6 Å². The summed E-state index contributed by atoms with van der Waals surface area (Å²) < 4.78 is 37.0. The number of fused-ring (bicyclic) bond motifs is 7. The summed E-state index contributed by atoms with van der Waals surface area (Å²) in [6.45, 7) is 8.07. The molecule has 0 aromatic rings. The Labute approximate surface area is 323 Å². The first-order valence-corrected chi connectivity index (χ1v) is 20.5. The lowest BCUT2D eigenvalue weighted by Gasteiger charge is -2.60. The second kappa shape index (κ2) is 16.0. The molecule has 0 aromatic carbocycles. The molecule has 6 fully saturated rings. The van der Waals surface area contributed by atoms with Crippen molar-refractivity contribution >= 4 is 0 Å². The number of hydrogen-bond donors (Lipinski definition) is 9. The van der Waals surface area contributed by atoms with Gasteiger partial charge in [-0.2, -0.15) is 0 Å². The number of aliphatic hydroxyl groups excluding tert-OH is 9. The van der Waals surface area contributed by atoms with Crippen molar-refractivity contribution in [3.63, 3.8) is 0 Å². The molecule has 3 heterocycles. The van der Waals surface area contributed by atoms with Gasteiger partial charge in [-0.1, -0.05) is 39.3 Å². The van der Waals surface area contributed by atoms with Gasteiger partial charge in [0.15, 0.2) is 18.4 Å². The summed E-state index contributed by atoms with van der Waals surface area (Å²) in [5, 5.41) is 92.7. The molecule has 9 N–H and O–H groups in total. The summed E-state index contributed by atoms with van der Waals surface area (Å²) in [5.41, 5.74) is 0.681. The van der Waals surface area contributed by atoms with Gasteiger partial charge in [-0.15, -0.1) is 0 Å². The van der Waals surface area contributed by atoms with E-state index in [4.69, 9.17) is 28.4 Å². The van der Waals surface area contributed by atoms with Crippen LogP contribution < -0.4 is 0 Å². The Morgan fingerprint density at radius 1 is 0.855 bits per heavy atom. The topological polar surface area (TPSA) is 237 Å². The number of rotatable bonds is 11. The molecule has 22 atom stereocenters. The molecule has 0 spiro atoms. The summed E-state index contributed by atoms with van der Waals surface area (Å²) in [7, 11) is 1.71. The van der Waals surface area contributed by atoms with Crippen LogP contribution in [0.25, 0.3) is 0 Å². The monoisotopic (exact) mass is 786 g/mol. The molecule has 4 aliphatic carbocycles. The zero-order valence-electron chi connectivity index (χ0n) is 32.8. The van der Waals surface area contributed by atoms with E-state index in [1.54, 1.807) is 7.11 Å². The third kappa shape index (κ3) is 6.98. The van der Waals surface area contributed by atoms with Gasteiger partial charge in [0.2, 0.25) is 0 Å². The average Bonchev–Trinajstić information content (AvgIpc) is 3.62. The maximum absolute atomic E-state index is 11.0. The molecule has 3 aliphatic heterocycles. The molecule has 0 unspecified atom stereocenters. The predicted octanol–water partition coefficient (Wildman–Crippen LogP) is -0.0584. The highest BCUT2D eigenvalue weighted by atomic mass is 16.7. The molecule has 316 valence electrons. The Balaban J connectivity index is 1.02. The van der Waals surface area contributed by atoms with Gasteiger partial charge in [-0.05, 0) is 73.5 Å². The minimum atomic E-state index is -1.55. The SMILES string of the molecule is CO[C@]1(CC[C@H](C)CO[C@@H]2O[C@H](CO)[C@@H](O)[C@H](O)[C@H]2O)O[C@H]2C[C@H]3[C@@H]4CC=C5C[C@@H](O)C[C@@H](O[C@@H]6O[C@H](CO)[C@@H](O)[C@H](O)[C@H]6O)[C@]5(C)[C@H]4CC[C@]3(C)[C@H]2[C@@H]1C. The Kier molecular flexibility index (Phi) is 12.3. The zero-order chi connectivity index (χ0) is 39.8. The third-order valence-corrected chi connectivity index (χ3v) is 15.7. The molecule has 3 saturated carbocycles. The third-order valence-electron chi connectivity index (χ3n) is 15.7. The minimum Gasteiger partial charge on any atom is -0.394 e. The number of aliphatic hydroxyl groups is 9. The van der Waals surface area contributed by atoms with E-state index in [-0.39, 0.29) is 41.8 Å². The van der Waals surface area contributed by atoms with Crippen molar-refractivity contribution in [2.24, 2.45) is 46.3 Å². The summed E-state index contributed by atoms with van der Waals surface area (Å²) in [6, 6.07) is 0. The first kappa shape index (κ1) is 42.3. The average molecular weight is 787 g/mol. The van der Waals surface area contributed by atoms with Crippen molar-refractivity contribution in [2.45, 2.75) is 165 Å². The Morgan fingerprint density at radius 2 is 1.49 bits per heavy atom. The Bertz CT molecular complexity index is 1370. The van der Waals surface area contributed by atoms with Crippen LogP contribution in [-0.4, -0.2) is 158 Å². The van der Waals surface area contributed by atoms with Crippen molar-refractivity contribution in [3.8, 4) is 0 Å². The summed E-state index contributed by atoms with van der Waals surface area (Å²) in [6.07, 6.45) is -6.42. The zero-order valence-corrected chi connectivity index (χ0v) is 32.8. The van der Waals surface area contributed by atoms with Gasteiger partial charge in [0.1, 0.15) is 48.8 Å². The molecule has 7 rings (SSSR count). The molecule has 3 saturated heterocycles. The van der Waals surface area contributed by atoms with E-state index in [0.29, 0.717) is 37.5 Å². The van der Waals surface area contributed by atoms with E-state index in [2.05, 4.69) is 26.8 Å². The van der Waals surface area contributed by atoms with Crippen LogP contribution >= 0.6 is 0 Å². The fourth-order valence-corrected chi connectivity index (χ4v) is 12.5. The summed E-state index contributed by atoms with van der Waals surface area (Å²) >= 11 is 0. The van der Waals surface area contributed by atoms with E-state index in [0.717, 1.165) is 31.3 Å². The summed E-state index contributed by atoms with van der Waals surface area (Å²) in [5.74, 6) is 0.550. The van der Waals surface area contributed by atoms with E-state index in [1.807, 2.05) is 6.92 Å². The van der Waals surface area contributed by atoms with Crippen LogP contribution in [0.1, 0.15) is 79.1 Å². The van der Waals surface area contributed by atoms with Crippen molar-refractivity contribution < 1.29 is 74.4 Å². The Hall–Kier alpha value is -0.860. The van der Waals surface area contributed by atoms with Crippen molar-refractivity contribution in [1.82, 2.24) is 0 Å². The number of ether oxygens (including phenoxy) is 6. The van der Waals surface area contributed by atoms with Gasteiger partial charge in [-0.25, -0.2) is 0 Å². The van der Waals surface area contributed by atoms with Crippen molar-refractivity contribution in [2.75, 3.05) is 26.9 Å². The standard InChI is InChI=1S/C40H66O15/c1-18(17-51-36-34(48)32(46)30(44)26(15-41)52-36)8-11-40(50-5)19(2)29-25(55-40)14-24-22-7-6-20-12-21(43)13-28(39(20,4)23(22)9-10-38(24,29)3)54-37-35(49)33(47)31(45)27(16-42)53-37/h6,18-19,21-37,41-49H,7-17H2,1-5H3/t18-,19-,21+,22+,23-,24-,25-,26+,27+,28+,29-,30+,31+,32-,33-,34+,35+,36+,37-,38-,39-,40+/m0/s1. The lowest BCUT2D eigenvalue weighted by atomic mass is 9.46. The normalized spacial score (nSPS) is 54.2. The first-order chi connectivity index (χ1) is 26.0. The predicted molar refractivity (Wildman–Crippen MR) is 193 cm³/mol. The number of methoxy groups -OCH3 is 1. The molecule has 7 aliphatic rings. The van der Waals surface area contributed by atoms with E-state index >= 15 is 0 Å². The van der Waals surface area contributed by atoms with Crippen molar-refractivity contribution in [3.05, 3.63) is 11.6 Å². The van der Waals surface area contributed by atoms with Gasteiger partial charge in [0.25, 0.3) is 0 Å². The fourth-order valence-electron chi connectivity index (χ4n) is 12.5. The van der Waals surface area contributed by atoms with E-state index in [9.17, 15) is 46.0 Å². The highest BCUT2D eigenvalue weighted by molar-refractivity contribution is 5.28. The van der Waals surface area contributed by atoms with Gasteiger partial charge in [-0.3, -0.25) is 0 Å². The van der Waals surface area contributed by atoms with Crippen LogP contribution in [0.2, 0.25) is 0 Å². The quantitative estimate of drug-likeness (QED) is 0.125. The molecular formula is C40H66O15. The van der Waals surface area contributed by atoms with Crippen LogP contribution in [0.4, 0.5) is 0 Å². The molecule has 0 aromatic heterocycles. The molecule has 0 bridgehead atoms. The van der Waals surface area contributed by atoms with Crippen LogP contribution in [0.5, 0.6) is 0 Å². The smallest absolute Gasteiger partial charge is 0.187 e. The highest BCUT2D eigenvalue weighted by Gasteiger charge is 2.69. The number of allylic oxidation sites excluding steroid dienone is 1. The van der Waals surface area contributed by atoms with Crippen molar-refractivity contribution in [1.29, 1.82) is 0 Å². The largest absolute Gasteiger partial charge is 0.394 e. The van der Waals surface area contributed by atoms with Gasteiger partial charge < -0.3 is 74.4 Å². The second-order valence-corrected chi connectivity index (χ2v) is 18.5. The highest BCUT2D eigenvalue weighted by Crippen LogP contribution is 2.70. The van der Waals surface area contributed by atoms with Crippen LogP contribution in [0.3, 0.4) is 0 Å². The summed E-state index contributed by atoms with van der Waals surface area (Å²) in [4.78, 5) is 0. The molecule has 15 heteroatoms. The lowest BCUT2D eigenvalue weighted by molar-refractivity contribution is -0.324. The van der Waals surface area contributed by atoms with Gasteiger partial charge in [0, 0.05) is 31.3 Å².